The highest BCUT2D eigenvalue weighted by atomic mass is 16.4. The number of rotatable bonds is 5. The lowest BCUT2D eigenvalue weighted by molar-refractivity contribution is 0.619. The zero-order valence-electron chi connectivity index (χ0n) is 32.3. The molecule has 9 aromatic carbocycles. The van der Waals surface area contributed by atoms with E-state index in [0.717, 1.165) is 104 Å². The molecule has 61 heavy (non-hydrogen) atoms. The van der Waals surface area contributed by atoms with Gasteiger partial charge in [0.25, 0.3) is 0 Å². The van der Waals surface area contributed by atoms with E-state index in [1.54, 1.807) is 0 Å². The Kier molecular flexibility index (Phi) is 7.17. The van der Waals surface area contributed by atoms with Crippen molar-refractivity contribution in [3.05, 3.63) is 182 Å². The molecule has 0 aliphatic heterocycles. The van der Waals surface area contributed by atoms with E-state index in [0.29, 0.717) is 28.9 Å². The molecule has 7 heteroatoms. The Labute approximate surface area is 347 Å². The third-order valence-corrected chi connectivity index (χ3v) is 11.8. The monoisotopic (exact) mass is 782 g/mol. The number of furan rings is 2. The topological polar surface area (TPSA) is 91.0 Å². The van der Waals surface area contributed by atoms with E-state index < -0.39 is 0 Å². The molecular formula is C54H30N4O3. The van der Waals surface area contributed by atoms with E-state index in [1.165, 1.54) is 0 Å². The second-order valence-corrected chi connectivity index (χ2v) is 15.3. The van der Waals surface area contributed by atoms with Crippen LogP contribution in [0.15, 0.2) is 195 Å². The van der Waals surface area contributed by atoms with Crippen molar-refractivity contribution in [3.8, 4) is 56.7 Å². The predicted molar refractivity (Wildman–Crippen MR) is 244 cm³/mol. The zero-order chi connectivity index (χ0) is 40.0. The second-order valence-electron chi connectivity index (χ2n) is 15.3. The summed E-state index contributed by atoms with van der Waals surface area (Å²) in [6.07, 6.45) is 0. The Morgan fingerprint density at radius 3 is 1.85 bits per heavy atom. The van der Waals surface area contributed by atoms with Gasteiger partial charge < -0.3 is 13.3 Å². The van der Waals surface area contributed by atoms with Crippen molar-refractivity contribution in [1.82, 2.24) is 19.9 Å². The molecular weight excluding hydrogens is 753 g/mol. The predicted octanol–water partition coefficient (Wildman–Crippen LogP) is 14.5. The smallest absolute Gasteiger partial charge is 0.227 e. The second kappa shape index (κ2) is 13.0. The number of hydrogen-bond donors (Lipinski definition) is 0. The number of fused-ring (bicyclic) bond motifs is 10. The van der Waals surface area contributed by atoms with Gasteiger partial charge in [0.15, 0.2) is 23.1 Å². The van der Waals surface area contributed by atoms with Crippen LogP contribution in [-0.4, -0.2) is 19.9 Å². The fourth-order valence-electron chi connectivity index (χ4n) is 8.87. The molecule has 13 aromatic rings. The van der Waals surface area contributed by atoms with Gasteiger partial charge in [0, 0.05) is 44.0 Å². The number of oxazole rings is 1. The molecule has 0 N–H and O–H groups in total. The maximum Gasteiger partial charge on any atom is 0.227 e. The Bertz CT molecular complexity index is 3900. The molecule has 7 nitrogen and oxygen atoms in total. The number of aromatic nitrogens is 4. The highest BCUT2D eigenvalue weighted by Crippen LogP contribution is 2.43. The molecule has 0 radical (unpaired) electrons. The first-order valence-corrected chi connectivity index (χ1v) is 20.2. The van der Waals surface area contributed by atoms with Crippen LogP contribution in [0.3, 0.4) is 0 Å². The molecule has 284 valence electrons. The molecule has 13 rings (SSSR count). The minimum absolute atomic E-state index is 0.541. The van der Waals surface area contributed by atoms with E-state index in [4.69, 9.17) is 33.2 Å². The van der Waals surface area contributed by atoms with Gasteiger partial charge in [0.05, 0.1) is 5.39 Å². The van der Waals surface area contributed by atoms with Crippen molar-refractivity contribution in [2.24, 2.45) is 0 Å². The van der Waals surface area contributed by atoms with Crippen LogP contribution in [0.4, 0.5) is 0 Å². The molecule has 4 heterocycles. The van der Waals surface area contributed by atoms with Crippen molar-refractivity contribution in [2.75, 3.05) is 0 Å². The molecule has 0 saturated carbocycles. The van der Waals surface area contributed by atoms with Gasteiger partial charge in [0.1, 0.15) is 27.8 Å². The number of nitrogens with zero attached hydrogens (tertiary/aromatic N) is 4. The lowest BCUT2D eigenvalue weighted by Crippen LogP contribution is -2.00. The SMILES string of the molecule is c1ccc(-c2nc(-c3ccc4ccccc4c3)nc(-c3ccc(-c4cccc5c4oc4ccc6oc(-c7ccc8oc9ccccc9c8c7)nc6c45)c4ccccc34)n2)cc1. The zero-order valence-corrected chi connectivity index (χ0v) is 32.3. The molecule has 0 saturated heterocycles. The molecule has 0 atom stereocenters. The number of benzene rings is 9. The van der Waals surface area contributed by atoms with Crippen LogP contribution >= 0.6 is 0 Å². The third kappa shape index (κ3) is 5.31. The van der Waals surface area contributed by atoms with E-state index in [2.05, 4.69) is 109 Å². The van der Waals surface area contributed by atoms with Crippen LogP contribution in [0.2, 0.25) is 0 Å². The van der Waals surface area contributed by atoms with Gasteiger partial charge in [-0.3, -0.25) is 0 Å². The normalized spacial score (nSPS) is 11.9. The molecule has 0 bridgehead atoms. The van der Waals surface area contributed by atoms with E-state index >= 15 is 0 Å². The summed E-state index contributed by atoms with van der Waals surface area (Å²) >= 11 is 0. The summed E-state index contributed by atoms with van der Waals surface area (Å²) in [4.78, 5) is 20.4. The summed E-state index contributed by atoms with van der Waals surface area (Å²) in [6, 6.07) is 61.8. The fraction of sp³-hybridized carbons (Fsp3) is 0. The molecule has 0 aliphatic rings. The average molecular weight is 783 g/mol. The highest BCUT2D eigenvalue weighted by molar-refractivity contribution is 6.20. The maximum atomic E-state index is 6.75. The van der Waals surface area contributed by atoms with Gasteiger partial charge in [-0.05, 0) is 75.6 Å². The van der Waals surface area contributed by atoms with Crippen LogP contribution in [0.25, 0.3) is 133 Å². The molecule has 4 aromatic heterocycles. The molecule has 0 aliphatic carbocycles. The van der Waals surface area contributed by atoms with Crippen LogP contribution in [0.1, 0.15) is 0 Å². The number of para-hydroxylation sites is 2. The third-order valence-electron chi connectivity index (χ3n) is 11.8. The summed E-state index contributed by atoms with van der Waals surface area (Å²) in [7, 11) is 0. The Morgan fingerprint density at radius 1 is 0.311 bits per heavy atom. The minimum atomic E-state index is 0.541. The van der Waals surface area contributed by atoms with Crippen molar-refractivity contribution < 1.29 is 13.3 Å². The molecule has 0 spiro atoms. The Balaban J connectivity index is 0.958. The van der Waals surface area contributed by atoms with Crippen molar-refractivity contribution in [3.63, 3.8) is 0 Å². The lowest BCUT2D eigenvalue weighted by Gasteiger charge is -2.13. The first kappa shape index (κ1) is 33.5. The molecule has 0 unspecified atom stereocenters. The van der Waals surface area contributed by atoms with Crippen LogP contribution in [0.5, 0.6) is 0 Å². The van der Waals surface area contributed by atoms with E-state index in [1.807, 2.05) is 72.8 Å². The summed E-state index contributed by atoms with van der Waals surface area (Å²) in [5, 5.41) is 8.33. The Morgan fingerprint density at radius 2 is 0.967 bits per heavy atom. The molecule has 0 fully saturated rings. The van der Waals surface area contributed by atoms with Crippen molar-refractivity contribution in [2.45, 2.75) is 0 Å². The maximum absolute atomic E-state index is 6.75. The average Bonchev–Trinajstić information content (AvgIpc) is 4.04. The van der Waals surface area contributed by atoms with Gasteiger partial charge in [-0.25, -0.2) is 19.9 Å². The summed E-state index contributed by atoms with van der Waals surface area (Å²) in [5.41, 5.74) is 10.3. The van der Waals surface area contributed by atoms with Crippen LogP contribution < -0.4 is 0 Å². The highest BCUT2D eigenvalue weighted by Gasteiger charge is 2.22. The molecule has 0 amide bonds. The summed E-state index contributed by atoms with van der Waals surface area (Å²) in [6.45, 7) is 0. The summed E-state index contributed by atoms with van der Waals surface area (Å²) < 4.78 is 19.3. The fourth-order valence-corrected chi connectivity index (χ4v) is 8.87. The minimum Gasteiger partial charge on any atom is -0.456 e. The van der Waals surface area contributed by atoms with Gasteiger partial charge in [-0.1, -0.05) is 133 Å². The standard InChI is InChI=1S/C54H30N4O3/c1-2-12-32(13-3-1)51-56-52(34-22-21-31-11-4-5-14-33(31)29-34)58-53(57-51)41-25-24-38(36-15-6-7-16-37(36)41)40-18-10-19-42-48-46(60-50(40)42)27-28-47-49(48)55-54(61-47)35-23-26-45-43(30-35)39-17-8-9-20-44(39)59-45/h1-30H. The van der Waals surface area contributed by atoms with Crippen molar-refractivity contribution >= 4 is 76.5 Å². The van der Waals surface area contributed by atoms with E-state index in [9.17, 15) is 0 Å². The Hall–Kier alpha value is -8.42. The number of hydrogen-bond acceptors (Lipinski definition) is 7. The quantitative estimate of drug-likeness (QED) is 0.172. The first-order chi connectivity index (χ1) is 30.2. The van der Waals surface area contributed by atoms with Gasteiger partial charge in [-0.2, -0.15) is 0 Å². The summed E-state index contributed by atoms with van der Waals surface area (Å²) in [5.74, 6) is 2.38. The van der Waals surface area contributed by atoms with E-state index in [-0.39, 0.29) is 0 Å². The van der Waals surface area contributed by atoms with Gasteiger partial charge in [-0.15, -0.1) is 0 Å². The largest absolute Gasteiger partial charge is 0.456 e. The van der Waals surface area contributed by atoms with Crippen LogP contribution in [-0.2, 0) is 0 Å². The first-order valence-electron chi connectivity index (χ1n) is 20.2. The van der Waals surface area contributed by atoms with Crippen LogP contribution in [0, 0.1) is 0 Å². The van der Waals surface area contributed by atoms with Crippen molar-refractivity contribution in [1.29, 1.82) is 0 Å². The van der Waals surface area contributed by atoms with Gasteiger partial charge in [0.2, 0.25) is 5.89 Å². The van der Waals surface area contributed by atoms with Gasteiger partial charge >= 0.3 is 0 Å². The lowest BCUT2D eigenvalue weighted by atomic mass is 9.93.